The van der Waals surface area contributed by atoms with E-state index in [9.17, 15) is 4.79 Å². The number of carbonyl (C=O) groups is 1. The van der Waals surface area contributed by atoms with Crippen LogP contribution in [0, 0.1) is 11.3 Å². The second kappa shape index (κ2) is 7.98. The summed E-state index contributed by atoms with van der Waals surface area (Å²) in [6.45, 7) is 2.07. The molecule has 2 aromatic rings. The topological polar surface area (TPSA) is 64.9 Å². The number of hydrogen-bond acceptors (Lipinski definition) is 3. The summed E-state index contributed by atoms with van der Waals surface area (Å²) in [6, 6.07) is 14.2. The minimum absolute atomic E-state index is 0.00665. The number of carbonyl (C=O) groups excluding carboxylic acids is 1. The first kappa shape index (κ1) is 17.3. The van der Waals surface area contributed by atoms with Gasteiger partial charge in [0.1, 0.15) is 6.07 Å². The highest BCUT2D eigenvalue weighted by atomic mass is 35.5. The van der Waals surface area contributed by atoms with E-state index in [1.807, 2.05) is 25.1 Å². The van der Waals surface area contributed by atoms with E-state index in [-0.39, 0.29) is 18.5 Å². The van der Waals surface area contributed by atoms with E-state index in [0.29, 0.717) is 21.3 Å². The maximum atomic E-state index is 12.0. The molecule has 0 saturated carbocycles. The van der Waals surface area contributed by atoms with Crippen molar-refractivity contribution in [1.29, 1.82) is 5.26 Å². The highest BCUT2D eigenvalue weighted by molar-refractivity contribution is 6.31. The molecule has 6 heteroatoms. The zero-order valence-corrected chi connectivity index (χ0v) is 13.9. The van der Waals surface area contributed by atoms with E-state index >= 15 is 0 Å². The number of benzene rings is 2. The first-order chi connectivity index (χ1) is 11.0. The van der Waals surface area contributed by atoms with Crippen molar-refractivity contribution in [2.75, 3.05) is 11.9 Å². The van der Waals surface area contributed by atoms with Crippen LogP contribution in [0.25, 0.3) is 0 Å². The number of amides is 1. The van der Waals surface area contributed by atoms with Gasteiger partial charge in [-0.05, 0) is 42.8 Å². The second-order valence-corrected chi connectivity index (χ2v) is 5.88. The van der Waals surface area contributed by atoms with Crippen molar-refractivity contribution in [2.45, 2.75) is 13.0 Å². The van der Waals surface area contributed by atoms with Crippen molar-refractivity contribution in [2.24, 2.45) is 0 Å². The lowest BCUT2D eigenvalue weighted by atomic mass is 10.1. The van der Waals surface area contributed by atoms with Gasteiger partial charge in [0.05, 0.1) is 17.8 Å². The van der Waals surface area contributed by atoms with Gasteiger partial charge in [0.2, 0.25) is 5.91 Å². The van der Waals surface area contributed by atoms with Crippen LogP contribution >= 0.6 is 23.2 Å². The molecule has 1 atom stereocenters. The van der Waals surface area contributed by atoms with Crippen LogP contribution in [0.2, 0.25) is 10.0 Å². The smallest absolute Gasteiger partial charge is 0.238 e. The Morgan fingerprint density at radius 2 is 1.83 bits per heavy atom. The summed E-state index contributed by atoms with van der Waals surface area (Å²) in [5, 5.41) is 16.0. The molecule has 0 aliphatic rings. The third-order valence-corrected chi connectivity index (χ3v) is 3.80. The van der Waals surface area contributed by atoms with Gasteiger partial charge in [-0.15, -0.1) is 0 Å². The molecule has 0 aliphatic heterocycles. The lowest BCUT2D eigenvalue weighted by Gasteiger charge is -2.14. The molecule has 2 aromatic carbocycles. The van der Waals surface area contributed by atoms with Crippen LogP contribution in [-0.2, 0) is 4.79 Å². The summed E-state index contributed by atoms with van der Waals surface area (Å²) < 4.78 is 0. The number of anilines is 1. The molecule has 1 amide bonds. The Morgan fingerprint density at radius 3 is 2.48 bits per heavy atom. The van der Waals surface area contributed by atoms with Gasteiger partial charge in [-0.25, -0.2) is 0 Å². The fraction of sp³-hybridized carbons (Fsp3) is 0.176. The van der Waals surface area contributed by atoms with Gasteiger partial charge in [0.25, 0.3) is 0 Å². The van der Waals surface area contributed by atoms with Gasteiger partial charge in [-0.2, -0.15) is 5.26 Å². The van der Waals surface area contributed by atoms with Gasteiger partial charge < -0.3 is 10.6 Å². The molecule has 0 unspecified atom stereocenters. The zero-order chi connectivity index (χ0) is 16.8. The Morgan fingerprint density at radius 1 is 1.17 bits per heavy atom. The van der Waals surface area contributed by atoms with Crippen molar-refractivity contribution in [3.8, 4) is 6.07 Å². The van der Waals surface area contributed by atoms with Gasteiger partial charge in [0, 0.05) is 16.1 Å². The average Bonchev–Trinajstić information content (AvgIpc) is 2.53. The largest absolute Gasteiger partial charge is 0.324 e. The second-order valence-electron chi connectivity index (χ2n) is 5.00. The Bertz CT molecular complexity index is 738. The number of nitriles is 1. The fourth-order valence-corrected chi connectivity index (χ4v) is 2.32. The van der Waals surface area contributed by atoms with Crippen molar-refractivity contribution in [3.63, 3.8) is 0 Å². The van der Waals surface area contributed by atoms with Crippen molar-refractivity contribution in [1.82, 2.24) is 5.32 Å². The Kier molecular flexibility index (Phi) is 6.00. The summed E-state index contributed by atoms with van der Waals surface area (Å²) in [4.78, 5) is 12.0. The Hall–Kier alpha value is -2.06. The molecule has 0 spiro atoms. The van der Waals surface area contributed by atoms with Crippen LogP contribution in [0.3, 0.4) is 0 Å². The summed E-state index contributed by atoms with van der Waals surface area (Å²) in [7, 11) is 0. The molecule has 0 heterocycles. The van der Waals surface area contributed by atoms with Crippen LogP contribution < -0.4 is 10.6 Å². The molecule has 0 radical (unpaired) electrons. The van der Waals surface area contributed by atoms with E-state index in [4.69, 9.17) is 28.5 Å². The predicted octanol–water partition coefficient (Wildman–Crippen LogP) is 4.15. The lowest BCUT2D eigenvalue weighted by Crippen LogP contribution is -2.30. The fourth-order valence-electron chi connectivity index (χ4n) is 2.03. The third-order valence-electron chi connectivity index (χ3n) is 3.31. The molecule has 2 rings (SSSR count). The van der Waals surface area contributed by atoms with E-state index in [1.54, 1.807) is 30.3 Å². The summed E-state index contributed by atoms with van der Waals surface area (Å²) >= 11 is 11.7. The molecular weight excluding hydrogens is 333 g/mol. The first-order valence-corrected chi connectivity index (χ1v) is 7.73. The highest BCUT2D eigenvalue weighted by Crippen LogP contribution is 2.20. The van der Waals surface area contributed by atoms with Crippen LogP contribution in [0.15, 0.2) is 42.5 Å². The predicted molar refractivity (Wildman–Crippen MR) is 92.7 cm³/mol. The Balaban J connectivity index is 1.94. The molecule has 23 heavy (non-hydrogen) atoms. The molecule has 0 bridgehead atoms. The summed E-state index contributed by atoms with van der Waals surface area (Å²) in [5.41, 5.74) is 1.81. The van der Waals surface area contributed by atoms with E-state index in [1.165, 1.54) is 0 Å². The molecule has 0 fully saturated rings. The molecule has 4 nitrogen and oxygen atoms in total. The van der Waals surface area contributed by atoms with Gasteiger partial charge >= 0.3 is 0 Å². The van der Waals surface area contributed by atoms with E-state index in [2.05, 4.69) is 10.6 Å². The van der Waals surface area contributed by atoms with Crippen LogP contribution in [-0.4, -0.2) is 12.5 Å². The average molecular weight is 348 g/mol. The molecule has 2 N–H and O–H groups in total. The van der Waals surface area contributed by atoms with Gasteiger partial charge in [-0.3, -0.25) is 4.79 Å². The molecule has 0 aliphatic carbocycles. The van der Waals surface area contributed by atoms with Gasteiger partial charge in [-0.1, -0.05) is 35.3 Å². The highest BCUT2D eigenvalue weighted by Gasteiger charge is 2.10. The van der Waals surface area contributed by atoms with E-state index in [0.717, 1.165) is 5.56 Å². The minimum atomic E-state index is -0.246. The zero-order valence-electron chi connectivity index (χ0n) is 12.4. The quantitative estimate of drug-likeness (QED) is 0.853. The maximum Gasteiger partial charge on any atom is 0.238 e. The molecule has 0 aromatic heterocycles. The van der Waals surface area contributed by atoms with Crippen molar-refractivity contribution < 1.29 is 4.79 Å². The number of rotatable bonds is 5. The lowest BCUT2D eigenvalue weighted by molar-refractivity contribution is -0.115. The van der Waals surface area contributed by atoms with Crippen LogP contribution in [0.4, 0.5) is 5.69 Å². The number of halogens is 2. The maximum absolute atomic E-state index is 12.0. The van der Waals surface area contributed by atoms with Crippen molar-refractivity contribution in [3.05, 3.63) is 63.6 Å². The standard InChI is InChI=1S/C17H15Cl2N3O/c1-11(12-2-5-14(18)6-3-12)21-10-17(23)22-16-8-15(19)7-4-13(16)9-20/h2-8,11,21H,10H2,1H3,(H,22,23)/t11-/m0/s1. The summed E-state index contributed by atoms with van der Waals surface area (Å²) in [6.07, 6.45) is 0. The normalized spacial score (nSPS) is 11.6. The minimum Gasteiger partial charge on any atom is -0.324 e. The molecule has 118 valence electrons. The summed E-state index contributed by atoms with van der Waals surface area (Å²) in [5.74, 6) is -0.246. The van der Waals surface area contributed by atoms with Gasteiger partial charge in [0.15, 0.2) is 0 Å². The van der Waals surface area contributed by atoms with Crippen molar-refractivity contribution >= 4 is 34.8 Å². The van der Waals surface area contributed by atoms with Crippen LogP contribution in [0.1, 0.15) is 24.1 Å². The van der Waals surface area contributed by atoms with Crippen LogP contribution in [0.5, 0.6) is 0 Å². The number of nitrogens with zero attached hydrogens (tertiary/aromatic N) is 1. The Labute approximate surface area is 145 Å². The SMILES string of the molecule is C[C@H](NCC(=O)Nc1cc(Cl)ccc1C#N)c1ccc(Cl)cc1. The molecular formula is C17H15Cl2N3O. The van der Waals surface area contributed by atoms with E-state index < -0.39 is 0 Å². The first-order valence-electron chi connectivity index (χ1n) is 6.98. The third kappa shape index (κ3) is 4.97. The monoisotopic (exact) mass is 347 g/mol. The number of hydrogen-bond donors (Lipinski definition) is 2. The molecule has 0 saturated heterocycles. The number of nitrogens with one attached hydrogen (secondary N) is 2.